The van der Waals surface area contributed by atoms with Gasteiger partial charge in [-0.1, -0.05) is 18.2 Å². The molecular weight excluding hydrogens is 222 g/mol. The highest BCUT2D eigenvalue weighted by atomic mass is 32.2. The van der Waals surface area contributed by atoms with Crippen LogP contribution < -0.4 is 16.0 Å². The first-order valence-electron chi connectivity index (χ1n) is 4.78. The van der Waals surface area contributed by atoms with E-state index in [1.54, 1.807) is 28.8 Å². The van der Waals surface area contributed by atoms with Gasteiger partial charge in [-0.2, -0.15) is 0 Å². The first-order valence-corrected chi connectivity index (χ1v) is 5.72. The second-order valence-corrected chi connectivity index (χ2v) is 4.14. The number of nitrogens with one attached hydrogen (secondary N) is 1. The summed E-state index contributed by atoms with van der Waals surface area (Å²) in [5, 5.41) is 0. The lowest BCUT2D eigenvalue weighted by molar-refractivity contribution is 1.22. The maximum Gasteiger partial charge on any atom is 0.197 e. The molecule has 0 saturated carbocycles. The molecule has 6 heteroatoms. The van der Waals surface area contributed by atoms with Crippen molar-refractivity contribution in [2.24, 2.45) is 5.84 Å². The summed E-state index contributed by atoms with van der Waals surface area (Å²) in [6.45, 7) is 0. The lowest BCUT2D eigenvalue weighted by Crippen LogP contribution is -2.18. The van der Waals surface area contributed by atoms with Crippen LogP contribution in [-0.4, -0.2) is 9.97 Å². The van der Waals surface area contributed by atoms with Crippen LogP contribution in [0.5, 0.6) is 0 Å². The molecule has 0 unspecified atom stereocenters. The Bertz CT molecular complexity index is 442. The standard InChI is InChI=1S/C7H8N2S.C3H5N3/c8-9-7-4-2-1-3-6(7)5-10-9;4-3-5-1-2-6-3/h1-4H,5,8H2;1-2H,(H3,4,5,6). The zero-order valence-corrected chi connectivity index (χ0v) is 9.45. The van der Waals surface area contributed by atoms with Gasteiger partial charge in [0.05, 0.1) is 5.69 Å². The Morgan fingerprint density at radius 1 is 1.38 bits per heavy atom. The van der Waals surface area contributed by atoms with Gasteiger partial charge in [0.2, 0.25) is 0 Å². The van der Waals surface area contributed by atoms with E-state index in [0.29, 0.717) is 5.95 Å². The number of nitrogens with two attached hydrogens (primary N) is 2. The Labute approximate surface area is 98.0 Å². The van der Waals surface area contributed by atoms with Crippen LogP contribution in [0.15, 0.2) is 36.7 Å². The molecule has 1 aliphatic rings. The van der Waals surface area contributed by atoms with Crippen LogP contribution in [0.25, 0.3) is 0 Å². The van der Waals surface area contributed by atoms with Gasteiger partial charge in [0.1, 0.15) is 0 Å². The minimum Gasteiger partial charge on any atom is -0.369 e. The molecule has 0 saturated heterocycles. The number of hydrogen-bond acceptors (Lipinski definition) is 5. The molecule has 0 aliphatic carbocycles. The van der Waals surface area contributed by atoms with Gasteiger partial charge in [-0.25, -0.2) is 10.8 Å². The molecule has 84 valence electrons. The fourth-order valence-corrected chi connectivity index (χ4v) is 2.17. The van der Waals surface area contributed by atoms with Gasteiger partial charge < -0.3 is 10.7 Å². The van der Waals surface area contributed by atoms with Crippen molar-refractivity contribution in [3.63, 3.8) is 0 Å². The highest BCUT2D eigenvalue weighted by Gasteiger charge is 2.15. The molecule has 1 aromatic heterocycles. The summed E-state index contributed by atoms with van der Waals surface area (Å²) >= 11 is 1.64. The van der Waals surface area contributed by atoms with Gasteiger partial charge in [0.15, 0.2) is 5.95 Å². The molecule has 2 heterocycles. The maximum atomic E-state index is 5.64. The van der Waals surface area contributed by atoms with Gasteiger partial charge >= 0.3 is 0 Å². The number of aromatic amines is 1. The lowest BCUT2D eigenvalue weighted by atomic mass is 10.2. The number of imidazole rings is 1. The predicted molar refractivity (Wildman–Crippen MR) is 67.4 cm³/mol. The molecule has 16 heavy (non-hydrogen) atoms. The zero-order chi connectivity index (χ0) is 11.4. The van der Waals surface area contributed by atoms with E-state index in [-0.39, 0.29) is 0 Å². The summed E-state index contributed by atoms with van der Waals surface area (Å²) in [4.78, 5) is 6.31. The second kappa shape index (κ2) is 4.91. The number of aromatic nitrogens is 2. The van der Waals surface area contributed by atoms with Crippen molar-refractivity contribution >= 4 is 23.6 Å². The number of hydrogen-bond donors (Lipinski definition) is 3. The number of hydrazine groups is 1. The first kappa shape index (κ1) is 10.8. The summed E-state index contributed by atoms with van der Waals surface area (Å²) in [7, 11) is 0. The average molecular weight is 235 g/mol. The fraction of sp³-hybridized carbons (Fsp3) is 0.100. The highest BCUT2D eigenvalue weighted by molar-refractivity contribution is 8.00. The van der Waals surface area contributed by atoms with Gasteiger partial charge in [-0.15, -0.1) is 0 Å². The van der Waals surface area contributed by atoms with Crippen LogP contribution >= 0.6 is 11.9 Å². The Balaban J connectivity index is 0.000000138. The lowest BCUT2D eigenvalue weighted by Gasteiger charge is -2.07. The highest BCUT2D eigenvalue weighted by Crippen LogP contribution is 2.33. The van der Waals surface area contributed by atoms with E-state index in [0.717, 1.165) is 11.4 Å². The Kier molecular flexibility index (Phi) is 3.33. The van der Waals surface area contributed by atoms with E-state index >= 15 is 0 Å². The van der Waals surface area contributed by atoms with Gasteiger partial charge in [0.25, 0.3) is 0 Å². The molecule has 5 N–H and O–H groups in total. The van der Waals surface area contributed by atoms with Crippen molar-refractivity contribution in [2.45, 2.75) is 5.75 Å². The third-order valence-electron chi connectivity index (χ3n) is 2.11. The van der Waals surface area contributed by atoms with Crippen LogP contribution in [0.3, 0.4) is 0 Å². The SMILES string of the molecule is NN1SCc2ccccc21.Nc1ncc[nH]1. The molecule has 0 spiro atoms. The van der Waals surface area contributed by atoms with Crippen LogP contribution in [0.2, 0.25) is 0 Å². The summed E-state index contributed by atoms with van der Waals surface area (Å²) in [5.41, 5.74) is 7.59. The van der Waals surface area contributed by atoms with Gasteiger partial charge in [-0.3, -0.25) is 4.41 Å². The molecule has 5 nitrogen and oxygen atoms in total. The number of nitrogens with zero attached hydrogens (tertiary/aromatic N) is 2. The summed E-state index contributed by atoms with van der Waals surface area (Å²) in [6, 6.07) is 8.19. The third-order valence-corrected chi connectivity index (χ3v) is 3.02. The van der Waals surface area contributed by atoms with E-state index in [9.17, 15) is 0 Å². The summed E-state index contributed by atoms with van der Waals surface area (Å²) in [6.07, 6.45) is 3.28. The molecule has 0 fully saturated rings. The number of rotatable bonds is 0. The van der Waals surface area contributed by atoms with E-state index in [1.807, 2.05) is 18.2 Å². The number of nitrogen functional groups attached to an aromatic ring is 1. The molecule has 2 aromatic rings. The van der Waals surface area contributed by atoms with Crippen molar-refractivity contribution in [1.29, 1.82) is 0 Å². The van der Waals surface area contributed by atoms with E-state index in [1.165, 1.54) is 5.56 Å². The molecule has 0 amide bonds. The molecule has 1 aromatic carbocycles. The first-order chi connectivity index (χ1) is 7.77. The molecule has 0 radical (unpaired) electrons. The molecule has 0 bridgehead atoms. The minimum atomic E-state index is 0.468. The van der Waals surface area contributed by atoms with Crippen LogP contribution in [-0.2, 0) is 5.75 Å². The van der Waals surface area contributed by atoms with E-state index in [2.05, 4.69) is 16.0 Å². The normalized spacial score (nSPS) is 12.9. The van der Waals surface area contributed by atoms with E-state index in [4.69, 9.17) is 11.6 Å². The summed E-state index contributed by atoms with van der Waals surface area (Å²) in [5.74, 6) is 7.12. The number of fused-ring (bicyclic) bond motifs is 1. The van der Waals surface area contributed by atoms with Crippen LogP contribution in [0.1, 0.15) is 5.56 Å². The zero-order valence-electron chi connectivity index (χ0n) is 8.63. The second-order valence-electron chi connectivity index (χ2n) is 3.20. The molecular formula is C10H13N5S. The maximum absolute atomic E-state index is 5.64. The van der Waals surface area contributed by atoms with E-state index < -0.39 is 0 Å². The molecule has 3 rings (SSSR count). The number of benzene rings is 1. The van der Waals surface area contributed by atoms with Crippen molar-refractivity contribution in [3.8, 4) is 0 Å². The number of para-hydroxylation sites is 1. The Hall–Kier alpha value is -1.66. The quantitative estimate of drug-likeness (QED) is 0.476. The van der Waals surface area contributed by atoms with Crippen molar-refractivity contribution < 1.29 is 0 Å². The van der Waals surface area contributed by atoms with Gasteiger partial charge in [0, 0.05) is 18.1 Å². The smallest absolute Gasteiger partial charge is 0.197 e. The third kappa shape index (κ3) is 2.47. The Morgan fingerprint density at radius 3 is 2.75 bits per heavy atom. The van der Waals surface area contributed by atoms with Crippen LogP contribution in [0.4, 0.5) is 11.6 Å². The fourth-order valence-electron chi connectivity index (χ4n) is 1.33. The van der Waals surface area contributed by atoms with Crippen molar-refractivity contribution in [2.75, 3.05) is 10.1 Å². The predicted octanol–water partition coefficient (Wildman–Crippen LogP) is 1.52. The topological polar surface area (TPSA) is 84.0 Å². The van der Waals surface area contributed by atoms with Gasteiger partial charge in [-0.05, 0) is 23.6 Å². The number of anilines is 2. The average Bonchev–Trinajstić information content (AvgIpc) is 2.91. The summed E-state index contributed by atoms with van der Waals surface area (Å²) < 4.78 is 1.72. The van der Waals surface area contributed by atoms with Crippen molar-refractivity contribution in [1.82, 2.24) is 9.97 Å². The van der Waals surface area contributed by atoms with Crippen molar-refractivity contribution in [3.05, 3.63) is 42.2 Å². The van der Waals surface area contributed by atoms with Crippen LogP contribution in [0, 0.1) is 0 Å². The number of H-pyrrole nitrogens is 1. The Morgan fingerprint density at radius 2 is 2.19 bits per heavy atom. The molecule has 1 aliphatic heterocycles. The monoisotopic (exact) mass is 235 g/mol. The largest absolute Gasteiger partial charge is 0.369 e. The minimum absolute atomic E-state index is 0.468. The molecule has 0 atom stereocenters.